The summed E-state index contributed by atoms with van der Waals surface area (Å²) in [6, 6.07) is 21.3. The number of H-pyrrole nitrogens is 1. The van der Waals surface area contributed by atoms with Crippen LogP contribution in [0.1, 0.15) is 34.8 Å². The van der Waals surface area contributed by atoms with Gasteiger partial charge in [0.1, 0.15) is 0 Å². The fraction of sp³-hybridized carbons (Fsp3) is 0.346. The molecule has 1 saturated heterocycles. The van der Waals surface area contributed by atoms with E-state index in [0.717, 1.165) is 13.1 Å². The zero-order chi connectivity index (χ0) is 23.2. The predicted molar refractivity (Wildman–Crippen MR) is 133 cm³/mol. The molecule has 1 aliphatic heterocycles. The molecule has 0 aliphatic carbocycles. The van der Waals surface area contributed by atoms with Crippen LogP contribution in [0.2, 0.25) is 0 Å². The van der Waals surface area contributed by atoms with Crippen molar-refractivity contribution in [2.45, 2.75) is 31.0 Å². The summed E-state index contributed by atoms with van der Waals surface area (Å²) in [5, 5.41) is 0.607. The highest BCUT2D eigenvalue weighted by Crippen LogP contribution is 2.29. The second-order valence-corrected chi connectivity index (χ2v) is 9.07. The second kappa shape index (κ2) is 10.8. The van der Waals surface area contributed by atoms with Crippen molar-refractivity contribution in [2.75, 3.05) is 32.4 Å². The number of carbonyl (C=O) groups is 1. The van der Waals surface area contributed by atoms with E-state index in [-0.39, 0.29) is 17.5 Å². The minimum absolute atomic E-state index is 0.0957. The number of hydrogen-bond acceptors (Lipinski definition) is 5. The zero-order valence-corrected chi connectivity index (χ0v) is 20.0. The molecule has 0 unspecified atom stereocenters. The maximum Gasteiger partial charge on any atom is 0.254 e. The molecule has 33 heavy (non-hydrogen) atoms. The van der Waals surface area contributed by atoms with Gasteiger partial charge < -0.3 is 9.88 Å². The summed E-state index contributed by atoms with van der Waals surface area (Å²) in [5.41, 5.74) is 3.69. The van der Waals surface area contributed by atoms with Gasteiger partial charge in [-0.15, -0.1) is 0 Å². The molecule has 1 amide bonds. The summed E-state index contributed by atoms with van der Waals surface area (Å²) in [6.07, 6.45) is 2.62. The third kappa shape index (κ3) is 5.54. The summed E-state index contributed by atoms with van der Waals surface area (Å²) >= 11 is 1.41. The lowest BCUT2D eigenvalue weighted by atomic mass is 9.96. The van der Waals surface area contributed by atoms with Gasteiger partial charge in [-0.2, -0.15) is 0 Å². The molecule has 0 atom stereocenters. The fourth-order valence-electron chi connectivity index (χ4n) is 4.48. The van der Waals surface area contributed by atoms with Crippen LogP contribution in [0, 0.1) is 6.92 Å². The smallest absolute Gasteiger partial charge is 0.254 e. The standard InChI is InChI=1S/C26H30N4O2S/c1-19-22(25(32)28-26(27-19)33-2)13-14-23(31)29-15-17-30(18-16-29)24(20-9-5-3-6-10-20)21-11-7-4-8-12-21/h3-12,24H,13-18H2,1-2H3,(H,27,28,32). The van der Waals surface area contributed by atoms with Crippen molar-refractivity contribution in [1.29, 1.82) is 0 Å². The van der Waals surface area contributed by atoms with Gasteiger partial charge >= 0.3 is 0 Å². The van der Waals surface area contributed by atoms with Gasteiger partial charge in [0.25, 0.3) is 5.56 Å². The van der Waals surface area contributed by atoms with Crippen LogP contribution in [0.5, 0.6) is 0 Å². The highest BCUT2D eigenvalue weighted by Gasteiger charge is 2.28. The maximum atomic E-state index is 12.9. The topological polar surface area (TPSA) is 69.3 Å². The van der Waals surface area contributed by atoms with Crippen LogP contribution in [0.4, 0.5) is 0 Å². The van der Waals surface area contributed by atoms with Crippen molar-refractivity contribution in [1.82, 2.24) is 19.8 Å². The highest BCUT2D eigenvalue weighted by molar-refractivity contribution is 7.98. The molecule has 1 N–H and O–H groups in total. The van der Waals surface area contributed by atoms with Crippen LogP contribution >= 0.6 is 11.8 Å². The highest BCUT2D eigenvalue weighted by atomic mass is 32.2. The van der Waals surface area contributed by atoms with E-state index in [1.807, 2.05) is 30.2 Å². The quantitative estimate of drug-likeness (QED) is 0.429. The summed E-state index contributed by atoms with van der Waals surface area (Å²) in [5.74, 6) is 0.0957. The molecule has 0 radical (unpaired) electrons. The molecule has 4 rings (SSSR count). The molecule has 7 heteroatoms. The van der Waals surface area contributed by atoms with Crippen LogP contribution in [0.25, 0.3) is 0 Å². The van der Waals surface area contributed by atoms with Crippen molar-refractivity contribution in [3.63, 3.8) is 0 Å². The lowest BCUT2D eigenvalue weighted by Gasteiger charge is -2.40. The molecule has 0 bridgehead atoms. The van der Waals surface area contributed by atoms with Crippen molar-refractivity contribution in [2.24, 2.45) is 0 Å². The van der Waals surface area contributed by atoms with Crippen LogP contribution in [-0.2, 0) is 11.2 Å². The third-order valence-corrected chi connectivity index (χ3v) is 6.83. The molecule has 6 nitrogen and oxygen atoms in total. The molecule has 0 spiro atoms. The van der Waals surface area contributed by atoms with Gasteiger partial charge in [0, 0.05) is 43.9 Å². The van der Waals surface area contributed by atoms with E-state index >= 15 is 0 Å². The molecular formula is C26H30N4O2S. The number of aryl methyl sites for hydroxylation is 1. The second-order valence-electron chi connectivity index (χ2n) is 8.28. The van der Waals surface area contributed by atoms with Gasteiger partial charge in [-0.1, -0.05) is 72.4 Å². The largest absolute Gasteiger partial charge is 0.340 e. The summed E-state index contributed by atoms with van der Waals surface area (Å²) < 4.78 is 0. The molecule has 1 aromatic heterocycles. The number of nitrogens with zero attached hydrogens (tertiary/aromatic N) is 3. The minimum atomic E-state index is -0.141. The van der Waals surface area contributed by atoms with Gasteiger partial charge in [0.05, 0.1) is 6.04 Å². The first kappa shape index (κ1) is 23.3. The van der Waals surface area contributed by atoms with E-state index in [9.17, 15) is 9.59 Å². The van der Waals surface area contributed by atoms with E-state index in [2.05, 4.69) is 63.4 Å². The van der Waals surface area contributed by atoms with Crippen LogP contribution < -0.4 is 5.56 Å². The number of benzene rings is 2. The van der Waals surface area contributed by atoms with E-state index < -0.39 is 0 Å². The lowest BCUT2D eigenvalue weighted by molar-refractivity contribution is -0.133. The third-order valence-electron chi connectivity index (χ3n) is 6.25. The van der Waals surface area contributed by atoms with Crippen LogP contribution in [-0.4, -0.2) is 58.1 Å². The van der Waals surface area contributed by atoms with Gasteiger partial charge in [-0.25, -0.2) is 4.98 Å². The zero-order valence-electron chi connectivity index (χ0n) is 19.2. The van der Waals surface area contributed by atoms with Crippen molar-refractivity contribution >= 4 is 17.7 Å². The Hall–Kier alpha value is -2.90. The maximum absolute atomic E-state index is 12.9. The average Bonchev–Trinajstić information content (AvgIpc) is 2.85. The monoisotopic (exact) mass is 462 g/mol. The van der Waals surface area contributed by atoms with Gasteiger partial charge in [-0.05, 0) is 30.7 Å². The Morgan fingerprint density at radius 2 is 1.58 bits per heavy atom. The first-order valence-corrected chi connectivity index (χ1v) is 12.5. The Kier molecular flexibility index (Phi) is 7.62. The molecule has 1 fully saturated rings. The first-order chi connectivity index (χ1) is 16.1. The van der Waals surface area contributed by atoms with Gasteiger partial charge in [0.15, 0.2) is 5.16 Å². The SMILES string of the molecule is CSc1nc(C)c(CCC(=O)N2CCN(C(c3ccccc3)c3ccccc3)CC2)c(=O)[nH]1. The first-order valence-electron chi connectivity index (χ1n) is 11.3. The lowest BCUT2D eigenvalue weighted by Crippen LogP contribution is -2.50. The molecule has 2 aromatic carbocycles. The van der Waals surface area contributed by atoms with Gasteiger partial charge in [0.2, 0.25) is 5.91 Å². The number of nitrogens with one attached hydrogen (secondary N) is 1. The predicted octanol–water partition coefficient (Wildman–Crippen LogP) is 3.67. The van der Waals surface area contributed by atoms with Crippen LogP contribution in [0.3, 0.4) is 0 Å². The number of amides is 1. The number of aromatic amines is 1. The van der Waals surface area contributed by atoms with Crippen molar-refractivity contribution in [3.05, 3.63) is 93.4 Å². The Morgan fingerprint density at radius 1 is 1.00 bits per heavy atom. The average molecular weight is 463 g/mol. The van der Waals surface area contributed by atoms with Gasteiger partial charge in [-0.3, -0.25) is 14.5 Å². The molecule has 2 heterocycles. The number of piperazine rings is 1. The number of thioether (sulfide) groups is 1. The molecule has 3 aromatic rings. The van der Waals surface area contributed by atoms with Crippen LogP contribution in [0.15, 0.2) is 70.6 Å². The van der Waals surface area contributed by atoms with E-state index in [4.69, 9.17) is 0 Å². The number of rotatable bonds is 7. The summed E-state index contributed by atoms with van der Waals surface area (Å²) in [7, 11) is 0. The summed E-state index contributed by atoms with van der Waals surface area (Å²) in [6.45, 7) is 4.83. The number of aromatic nitrogens is 2. The number of hydrogen-bond donors (Lipinski definition) is 1. The minimum Gasteiger partial charge on any atom is -0.340 e. The Balaban J connectivity index is 1.40. The van der Waals surface area contributed by atoms with E-state index in [1.165, 1.54) is 22.9 Å². The molecule has 0 saturated carbocycles. The summed E-state index contributed by atoms with van der Waals surface area (Å²) in [4.78, 5) is 36.8. The molecule has 172 valence electrons. The van der Waals surface area contributed by atoms with E-state index in [0.29, 0.717) is 42.3 Å². The normalized spacial score (nSPS) is 14.6. The Bertz CT molecular complexity index is 1090. The van der Waals surface area contributed by atoms with Crippen molar-refractivity contribution in [3.8, 4) is 0 Å². The fourth-order valence-corrected chi connectivity index (χ4v) is 4.90. The van der Waals surface area contributed by atoms with Crippen molar-refractivity contribution < 1.29 is 4.79 Å². The Morgan fingerprint density at radius 3 is 2.09 bits per heavy atom. The number of carbonyl (C=O) groups excluding carboxylic acids is 1. The Labute approximate surface area is 199 Å². The van der Waals surface area contributed by atoms with E-state index in [1.54, 1.807) is 0 Å². The molecule has 1 aliphatic rings. The molecular weight excluding hydrogens is 432 g/mol.